The molecule has 0 fully saturated rings. The van der Waals surface area contributed by atoms with Crippen LogP contribution in [-0.4, -0.2) is 16.0 Å². The summed E-state index contributed by atoms with van der Waals surface area (Å²) < 4.78 is 0.907. The Morgan fingerprint density at radius 1 is 1.37 bits per heavy atom. The Hall–Kier alpha value is -1.88. The van der Waals surface area contributed by atoms with Crippen molar-refractivity contribution in [3.63, 3.8) is 0 Å². The number of aromatic hydroxyl groups is 1. The van der Waals surface area contributed by atoms with Crippen molar-refractivity contribution in [2.24, 2.45) is 0 Å². The molecule has 0 atom stereocenters. The summed E-state index contributed by atoms with van der Waals surface area (Å²) in [7, 11) is 0. The largest absolute Gasteiger partial charge is 0.508 e. The number of amides is 1. The number of phenols is 1. The minimum atomic E-state index is -0.139. The maximum Gasteiger partial charge on any atom is 0.229 e. The zero-order chi connectivity index (χ0) is 13.8. The second kappa shape index (κ2) is 5.84. The Morgan fingerprint density at radius 3 is 2.68 bits per heavy atom. The fraction of sp³-hybridized carbons (Fsp3) is 0.143. The molecule has 2 rings (SSSR count). The Kier molecular flexibility index (Phi) is 4.16. The lowest BCUT2D eigenvalue weighted by Gasteiger charge is -2.06. The first kappa shape index (κ1) is 13.5. The molecule has 98 valence electrons. The van der Waals surface area contributed by atoms with Crippen LogP contribution >= 0.6 is 15.9 Å². The quantitative estimate of drug-likeness (QED) is 0.913. The van der Waals surface area contributed by atoms with Crippen LogP contribution in [0.25, 0.3) is 0 Å². The van der Waals surface area contributed by atoms with Crippen LogP contribution in [0.3, 0.4) is 0 Å². The van der Waals surface area contributed by atoms with Crippen LogP contribution < -0.4 is 5.32 Å². The van der Waals surface area contributed by atoms with Crippen molar-refractivity contribution in [2.75, 3.05) is 5.32 Å². The normalized spacial score (nSPS) is 10.2. The number of hydrogen-bond donors (Lipinski definition) is 2. The van der Waals surface area contributed by atoms with Crippen LogP contribution in [0.1, 0.15) is 11.1 Å². The van der Waals surface area contributed by atoms with E-state index < -0.39 is 0 Å². The molecule has 0 aliphatic rings. The third-order valence-electron chi connectivity index (χ3n) is 2.62. The molecule has 0 bridgehead atoms. The number of halogens is 1. The van der Waals surface area contributed by atoms with Crippen LogP contribution in [-0.2, 0) is 11.2 Å². The minimum Gasteiger partial charge on any atom is -0.508 e. The summed E-state index contributed by atoms with van der Waals surface area (Å²) >= 11 is 3.36. The number of phenolic OH excluding ortho intramolecular Hbond substituents is 1. The zero-order valence-corrected chi connectivity index (χ0v) is 11.9. The molecular weight excluding hydrogens is 308 g/mol. The maximum absolute atomic E-state index is 11.8. The van der Waals surface area contributed by atoms with Gasteiger partial charge in [-0.05, 0) is 52.2 Å². The fourth-order valence-electron chi connectivity index (χ4n) is 1.59. The van der Waals surface area contributed by atoms with Gasteiger partial charge in [0, 0.05) is 10.7 Å². The number of aryl methyl sites for hydroxylation is 1. The van der Waals surface area contributed by atoms with Crippen molar-refractivity contribution in [1.29, 1.82) is 0 Å². The van der Waals surface area contributed by atoms with Gasteiger partial charge in [-0.1, -0.05) is 12.1 Å². The van der Waals surface area contributed by atoms with E-state index in [9.17, 15) is 4.79 Å². The second-order valence-corrected chi connectivity index (χ2v) is 5.06. The van der Waals surface area contributed by atoms with E-state index in [0.717, 1.165) is 15.6 Å². The Labute approximate surface area is 119 Å². The first-order chi connectivity index (χ1) is 9.04. The number of hydrogen-bond acceptors (Lipinski definition) is 3. The standard InChI is InChI=1S/C14H13BrN2O2/c1-9-6-13(16-8-12(9)15)17-14(19)7-10-2-4-11(18)5-3-10/h2-6,8,18H,7H2,1H3,(H,16,17,19). The molecule has 5 heteroatoms. The van der Waals surface area contributed by atoms with E-state index in [1.54, 1.807) is 36.5 Å². The van der Waals surface area contributed by atoms with Gasteiger partial charge in [0.25, 0.3) is 0 Å². The van der Waals surface area contributed by atoms with Gasteiger partial charge in [0.05, 0.1) is 6.42 Å². The smallest absolute Gasteiger partial charge is 0.229 e. The minimum absolute atomic E-state index is 0.139. The number of benzene rings is 1. The van der Waals surface area contributed by atoms with E-state index in [-0.39, 0.29) is 18.1 Å². The lowest BCUT2D eigenvalue weighted by Crippen LogP contribution is -2.15. The van der Waals surface area contributed by atoms with Gasteiger partial charge >= 0.3 is 0 Å². The highest BCUT2D eigenvalue weighted by atomic mass is 79.9. The highest BCUT2D eigenvalue weighted by Crippen LogP contribution is 2.17. The van der Waals surface area contributed by atoms with Crippen LogP contribution in [0.5, 0.6) is 5.75 Å². The van der Waals surface area contributed by atoms with E-state index >= 15 is 0 Å². The molecule has 0 radical (unpaired) electrons. The molecule has 0 spiro atoms. The summed E-state index contributed by atoms with van der Waals surface area (Å²) in [6.07, 6.45) is 1.91. The second-order valence-electron chi connectivity index (χ2n) is 4.21. The van der Waals surface area contributed by atoms with Gasteiger partial charge < -0.3 is 10.4 Å². The summed E-state index contributed by atoms with van der Waals surface area (Å²) in [6, 6.07) is 8.36. The number of nitrogens with zero attached hydrogens (tertiary/aromatic N) is 1. The molecule has 0 saturated heterocycles. The van der Waals surface area contributed by atoms with E-state index in [0.29, 0.717) is 5.82 Å². The van der Waals surface area contributed by atoms with Gasteiger partial charge in [-0.2, -0.15) is 0 Å². The summed E-state index contributed by atoms with van der Waals surface area (Å²) in [4.78, 5) is 16.0. The summed E-state index contributed by atoms with van der Waals surface area (Å²) in [6.45, 7) is 1.93. The molecule has 0 aliphatic heterocycles. The SMILES string of the molecule is Cc1cc(NC(=O)Cc2ccc(O)cc2)ncc1Br. The Bertz CT molecular complexity index is 597. The predicted octanol–water partition coefficient (Wildman–Crippen LogP) is 3.04. The van der Waals surface area contributed by atoms with Crippen LogP contribution in [0.2, 0.25) is 0 Å². The van der Waals surface area contributed by atoms with E-state index in [1.807, 2.05) is 6.92 Å². The lowest BCUT2D eigenvalue weighted by molar-refractivity contribution is -0.115. The van der Waals surface area contributed by atoms with Crippen molar-refractivity contribution in [3.05, 3.63) is 52.1 Å². The zero-order valence-electron chi connectivity index (χ0n) is 10.4. The Morgan fingerprint density at radius 2 is 2.05 bits per heavy atom. The number of nitrogens with one attached hydrogen (secondary N) is 1. The van der Waals surface area contributed by atoms with Crippen molar-refractivity contribution in [2.45, 2.75) is 13.3 Å². The molecule has 1 heterocycles. The van der Waals surface area contributed by atoms with Gasteiger partial charge in [-0.3, -0.25) is 4.79 Å². The molecule has 1 amide bonds. The predicted molar refractivity (Wildman–Crippen MR) is 77.1 cm³/mol. The molecule has 2 aromatic rings. The topological polar surface area (TPSA) is 62.2 Å². The van der Waals surface area contributed by atoms with Crippen molar-refractivity contribution in [1.82, 2.24) is 4.98 Å². The van der Waals surface area contributed by atoms with Crippen LogP contribution in [0.15, 0.2) is 41.0 Å². The fourth-order valence-corrected chi connectivity index (χ4v) is 1.81. The summed E-state index contributed by atoms with van der Waals surface area (Å²) in [5, 5.41) is 11.9. The van der Waals surface area contributed by atoms with Gasteiger partial charge in [0.2, 0.25) is 5.91 Å². The molecular formula is C14H13BrN2O2. The van der Waals surface area contributed by atoms with Crippen LogP contribution in [0.4, 0.5) is 5.82 Å². The van der Waals surface area contributed by atoms with E-state index in [4.69, 9.17) is 5.11 Å². The number of pyridine rings is 1. The average molecular weight is 321 g/mol. The highest BCUT2D eigenvalue weighted by Gasteiger charge is 2.06. The third-order valence-corrected chi connectivity index (χ3v) is 3.45. The number of carbonyl (C=O) groups is 1. The molecule has 2 N–H and O–H groups in total. The monoisotopic (exact) mass is 320 g/mol. The third kappa shape index (κ3) is 3.79. The summed E-state index contributed by atoms with van der Waals surface area (Å²) in [5.41, 5.74) is 1.85. The molecule has 0 unspecified atom stereocenters. The maximum atomic E-state index is 11.8. The molecule has 1 aromatic carbocycles. The van der Waals surface area contributed by atoms with Crippen molar-refractivity contribution < 1.29 is 9.90 Å². The van der Waals surface area contributed by atoms with Gasteiger partial charge in [0.1, 0.15) is 11.6 Å². The lowest BCUT2D eigenvalue weighted by atomic mass is 10.1. The number of aromatic nitrogens is 1. The van der Waals surface area contributed by atoms with Gasteiger partial charge in [-0.25, -0.2) is 4.98 Å². The molecule has 1 aromatic heterocycles. The van der Waals surface area contributed by atoms with Gasteiger partial charge in [0.15, 0.2) is 0 Å². The number of anilines is 1. The van der Waals surface area contributed by atoms with Gasteiger partial charge in [-0.15, -0.1) is 0 Å². The number of carbonyl (C=O) groups excluding carboxylic acids is 1. The molecule has 19 heavy (non-hydrogen) atoms. The molecule has 0 saturated carbocycles. The molecule has 4 nitrogen and oxygen atoms in total. The van der Waals surface area contributed by atoms with E-state index in [1.165, 1.54) is 0 Å². The Balaban J connectivity index is 2.01. The number of rotatable bonds is 3. The van der Waals surface area contributed by atoms with Crippen LogP contribution in [0, 0.1) is 6.92 Å². The first-order valence-corrected chi connectivity index (χ1v) is 6.54. The summed E-state index contributed by atoms with van der Waals surface area (Å²) in [5.74, 6) is 0.582. The van der Waals surface area contributed by atoms with E-state index in [2.05, 4.69) is 26.2 Å². The first-order valence-electron chi connectivity index (χ1n) is 5.74. The molecule has 0 aliphatic carbocycles. The highest BCUT2D eigenvalue weighted by molar-refractivity contribution is 9.10. The van der Waals surface area contributed by atoms with Crippen molar-refractivity contribution in [3.8, 4) is 5.75 Å². The van der Waals surface area contributed by atoms with Crippen molar-refractivity contribution >= 4 is 27.7 Å². The average Bonchev–Trinajstić information content (AvgIpc) is 2.37.